The van der Waals surface area contributed by atoms with E-state index >= 15 is 0 Å². The van der Waals surface area contributed by atoms with Crippen molar-refractivity contribution in [1.29, 1.82) is 0 Å². The highest BCUT2D eigenvalue weighted by molar-refractivity contribution is 6.03. The van der Waals surface area contributed by atoms with E-state index in [0.717, 1.165) is 35.2 Å². The molecule has 1 aliphatic heterocycles. The summed E-state index contributed by atoms with van der Waals surface area (Å²) in [6.07, 6.45) is 0.0134. The first-order valence-corrected chi connectivity index (χ1v) is 7.54. The summed E-state index contributed by atoms with van der Waals surface area (Å²) in [4.78, 5) is 12.9. The van der Waals surface area contributed by atoms with Crippen molar-refractivity contribution in [2.24, 2.45) is 0 Å². The fourth-order valence-electron chi connectivity index (χ4n) is 3.16. The second-order valence-electron chi connectivity index (χ2n) is 5.70. The molecular weight excluding hydrogens is 280 g/mol. The molecule has 0 bridgehead atoms. The number of para-hydroxylation sites is 1. The molecule has 0 amide bonds. The lowest BCUT2D eigenvalue weighted by Gasteiger charge is -2.25. The zero-order valence-electron chi connectivity index (χ0n) is 12.4. The Morgan fingerprint density at radius 3 is 3.09 bits per heavy atom. The quantitative estimate of drug-likeness (QED) is 0.745. The first kappa shape index (κ1) is 13.5. The molecule has 1 atom stereocenters. The number of aromatic nitrogens is 3. The van der Waals surface area contributed by atoms with Crippen LogP contribution in [0.25, 0.3) is 21.8 Å². The summed E-state index contributed by atoms with van der Waals surface area (Å²) in [5.41, 5.74) is 2.45. The van der Waals surface area contributed by atoms with Crippen LogP contribution in [0.3, 0.4) is 0 Å². The summed E-state index contributed by atoms with van der Waals surface area (Å²) in [5, 5.41) is 12.2. The number of aryl methyl sites for hydroxylation is 1. The van der Waals surface area contributed by atoms with Gasteiger partial charge in [0, 0.05) is 24.2 Å². The van der Waals surface area contributed by atoms with Gasteiger partial charge in [-0.1, -0.05) is 18.2 Å². The third-order valence-electron chi connectivity index (χ3n) is 4.25. The van der Waals surface area contributed by atoms with E-state index in [1.807, 2.05) is 35.8 Å². The smallest absolute Gasteiger partial charge is 0.262 e. The number of nitrogens with one attached hydrogen (secondary N) is 2. The van der Waals surface area contributed by atoms with E-state index in [1.54, 1.807) is 0 Å². The summed E-state index contributed by atoms with van der Waals surface area (Å²) >= 11 is 0. The van der Waals surface area contributed by atoms with Crippen LogP contribution in [-0.4, -0.2) is 40.6 Å². The molecule has 1 aromatic carbocycles. The van der Waals surface area contributed by atoms with Crippen LogP contribution in [0, 0.1) is 6.92 Å². The van der Waals surface area contributed by atoms with Crippen LogP contribution in [0.1, 0.15) is 5.69 Å². The largest absolute Gasteiger partial charge is 0.374 e. The van der Waals surface area contributed by atoms with Gasteiger partial charge >= 0.3 is 0 Å². The molecule has 4 rings (SSSR count). The number of hydrogen-bond donors (Lipinski definition) is 2. The number of morpholine rings is 1. The van der Waals surface area contributed by atoms with Crippen molar-refractivity contribution in [3.63, 3.8) is 0 Å². The van der Waals surface area contributed by atoms with Gasteiger partial charge in [0.05, 0.1) is 30.2 Å². The topological polar surface area (TPSA) is 71.9 Å². The Labute approximate surface area is 127 Å². The van der Waals surface area contributed by atoms with Gasteiger partial charge in [-0.05, 0) is 13.0 Å². The lowest BCUT2D eigenvalue weighted by atomic mass is 10.1. The van der Waals surface area contributed by atoms with Gasteiger partial charge in [0.2, 0.25) is 0 Å². The number of rotatable bonds is 2. The second kappa shape index (κ2) is 5.23. The van der Waals surface area contributed by atoms with Crippen molar-refractivity contribution in [2.45, 2.75) is 19.6 Å². The monoisotopic (exact) mass is 298 g/mol. The third-order valence-corrected chi connectivity index (χ3v) is 4.25. The van der Waals surface area contributed by atoms with Crippen LogP contribution in [0.2, 0.25) is 0 Å². The summed E-state index contributed by atoms with van der Waals surface area (Å²) in [5.74, 6) is 0. The zero-order chi connectivity index (χ0) is 15.1. The number of ether oxygens (including phenoxy) is 1. The molecule has 1 fully saturated rings. The maximum Gasteiger partial charge on any atom is 0.262 e. The van der Waals surface area contributed by atoms with E-state index in [2.05, 4.69) is 15.5 Å². The maximum absolute atomic E-state index is 12.9. The molecule has 1 saturated heterocycles. The highest BCUT2D eigenvalue weighted by Crippen LogP contribution is 2.22. The molecule has 0 saturated carbocycles. The van der Waals surface area contributed by atoms with Gasteiger partial charge in [0.1, 0.15) is 5.52 Å². The molecule has 0 radical (unpaired) electrons. The molecule has 6 heteroatoms. The molecule has 3 heterocycles. The predicted molar refractivity (Wildman–Crippen MR) is 85.2 cm³/mol. The Kier molecular flexibility index (Phi) is 3.20. The van der Waals surface area contributed by atoms with Gasteiger partial charge in [-0.25, -0.2) is 0 Å². The van der Waals surface area contributed by atoms with Crippen molar-refractivity contribution in [3.05, 3.63) is 40.3 Å². The van der Waals surface area contributed by atoms with Gasteiger partial charge in [-0.2, -0.15) is 5.10 Å². The van der Waals surface area contributed by atoms with Crippen LogP contribution >= 0.6 is 0 Å². The van der Waals surface area contributed by atoms with Gasteiger partial charge < -0.3 is 14.6 Å². The highest BCUT2D eigenvalue weighted by atomic mass is 16.5. The lowest BCUT2D eigenvalue weighted by molar-refractivity contribution is 0.0184. The molecule has 114 valence electrons. The maximum atomic E-state index is 12.9. The minimum absolute atomic E-state index is 0.00544. The Morgan fingerprint density at radius 2 is 2.27 bits per heavy atom. The fourth-order valence-corrected chi connectivity index (χ4v) is 3.16. The van der Waals surface area contributed by atoms with Crippen molar-refractivity contribution >= 4 is 21.8 Å². The molecule has 22 heavy (non-hydrogen) atoms. The second-order valence-corrected chi connectivity index (χ2v) is 5.70. The van der Waals surface area contributed by atoms with E-state index in [-0.39, 0.29) is 11.7 Å². The number of fused-ring (bicyclic) bond motifs is 3. The standard InChI is InChI=1S/C16H18N4O2/c1-10-14-15(19-18-10)12-4-2-3-5-13(12)20(16(14)21)9-11-8-17-6-7-22-11/h2-5,11,17H,6-9H2,1H3,(H,18,19). The van der Waals surface area contributed by atoms with Crippen molar-refractivity contribution in [3.8, 4) is 0 Å². The van der Waals surface area contributed by atoms with Crippen LogP contribution in [-0.2, 0) is 11.3 Å². The molecule has 0 spiro atoms. The zero-order valence-corrected chi connectivity index (χ0v) is 12.4. The highest BCUT2D eigenvalue weighted by Gasteiger charge is 2.19. The number of pyridine rings is 1. The number of hydrogen-bond acceptors (Lipinski definition) is 4. The minimum Gasteiger partial charge on any atom is -0.374 e. The number of H-pyrrole nitrogens is 1. The Balaban J connectivity index is 1.95. The first-order chi connectivity index (χ1) is 10.8. The molecule has 0 aliphatic carbocycles. The average Bonchev–Trinajstić information content (AvgIpc) is 2.95. The normalized spacial score (nSPS) is 19.0. The number of nitrogens with zero attached hydrogens (tertiary/aromatic N) is 2. The van der Waals surface area contributed by atoms with E-state index in [4.69, 9.17) is 4.74 Å². The Hall–Kier alpha value is -2.18. The average molecular weight is 298 g/mol. The van der Waals surface area contributed by atoms with Crippen molar-refractivity contribution < 1.29 is 4.74 Å². The van der Waals surface area contributed by atoms with E-state index in [0.29, 0.717) is 18.5 Å². The van der Waals surface area contributed by atoms with Crippen LogP contribution in [0.5, 0.6) is 0 Å². The molecular formula is C16H18N4O2. The molecule has 1 unspecified atom stereocenters. The molecule has 6 nitrogen and oxygen atoms in total. The summed E-state index contributed by atoms with van der Waals surface area (Å²) < 4.78 is 7.58. The van der Waals surface area contributed by atoms with E-state index < -0.39 is 0 Å². The number of benzene rings is 1. The Bertz CT molecular complexity index is 890. The number of aromatic amines is 1. The predicted octanol–water partition coefficient (Wildman–Crippen LogP) is 1.17. The molecule has 1 aliphatic rings. The van der Waals surface area contributed by atoms with E-state index in [1.165, 1.54) is 0 Å². The van der Waals surface area contributed by atoms with Gasteiger partial charge in [0.15, 0.2) is 0 Å². The third kappa shape index (κ3) is 2.03. The van der Waals surface area contributed by atoms with Crippen LogP contribution in [0.15, 0.2) is 29.1 Å². The Morgan fingerprint density at radius 1 is 1.41 bits per heavy atom. The first-order valence-electron chi connectivity index (χ1n) is 7.54. The minimum atomic E-state index is -0.00544. The van der Waals surface area contributed by atoms with Gasteiger partial charge in [0.25, 0.3) is 5.56 Å². The molecule has 2 N–H and O–H groups in total. The lowest BCUT2D eigenvalue weighted by Crippen LogP contribution is -2.42. The summed E-state index contributed by atoms with van der Waals surface area (Å²) in [6, 6.07) is 7.90. The van der Waals surface area contributed by atoms with Gasteiger partial charge in [-0.3, -0.25) is 9.89 Å². The van der Waals surface area contributed by atoms with E-state index in [9.17, 15) is 4.79 Å². The SMILES string of the molecule is Cc1[nH]nc2c1c(=O)n(CC1CNCCO1)c1ccccc21. The molecule has 3 aromatic rings. The van der Waals surface area contributed by atoms with Crippen molar-refractivity contribution in [1.82, 2.24) is 20.1 Å². The fraction of sp³-hybridized carbons (Fsp3) is 0.375. The summed E-state index contributed by atoms with van der Waals surface area (Å²) in [7, 11) is 0. The van der Waals surface area contributed by atoms with Crippen LogP contribution in [0.4, 0.5) is 0 Å². The van der Waals surface area contributed by atoms with Crippen LogP contribution < -0.4 is 10.9 Å². The van der Waals surface area contributed by atoms with Gasteiger partial charge in [-0.15, -0.1) is 0 Å². The summed E-state index contributed by atoms with van der Waals surface area (Å²) in [6.45, 7) is 4.75. The molecule has 2 aromatic heterocycles. The van der Waals surface area contributed by atoms with Crippen molar-refractivity contribution in [2.75, 3.05) is 19.7 Å².